The first-order chi connectivity index (χ1) is 11.1. The molecule has 0 N–H and O–H groups in total. The third-order valence-electron chi connectivity index (χ3n) is 4.53. The summed E-state index contributed by atoms with van der Waals surface area (Å²) in [4.78, 5) is 19.1. The van der Waals surface area contributed by atoms with Gasteiger partial charge in [-0.1, -0.05) is 30.3 Å². The number of nitrogens with zero attached hydrogens (tertiary/aromatic N) is 2. The fraction of sp³-hybridized carbons (Fsp3) is 0.421. The van der Waals surface area contributed by atoms with Crippen LogP contribution in [0.15, 0.2) is 42.5 Å². The Morgan fingerprint density at radius 1 is 1.26 bits per heavy atom. The molecule has 0 spiro atoms. The van der Waals surface area contributed by atoms with Gasteiger partial charge in [0.2, 0.25) is 0 Å². The Balaban J connectivity index is 1.62. The number of hydrogen-bond acceptors (Lipinski definition) is 3. The fourth-order valence-corrected chi connectivity index (χ4v) is 4.04. The highest BCUT2D eigenvalue weighted by Crippen LogP contribution is 2.22. The van der Waals surface area contributed by atoms with E-state index in [0.717, 1.165) is 37.4 Å². The van der Waals surface area contributed by atoms with E-state index in [-0.39, 0.29) is 5.91 Å². The Morgan fingerprint density at radius 3 is 2.74 bits per heavy atom. The average molecular weight is 328 g/mol. The standard InChI is InChI=1S/C19H24N2OS/c1-15-10-11-18(23-15)19(22)21-12-6-9-17(14-21)20(2)13-16-7-4-3-5-8-16/h3-5,7-8,10-11,17H,6,9,12-14H2,1-2H3/t17-/m0/s1. The molecule has 1 aliphatic rings. The molecule has 0 unspecified atom stereocenters. The zero-order chi connectivity index (χ0) is 16.2. The molecular weight excluding hydrogens is 304 g/mol. The maximum absolute atomic E-state index is 12.7. The van der Waals surface area contributed by atoms with Gasteiger partial charge in [-0.2, -0.15) is 0 Å². The summed E-state index contributed by atoms with van der Waals surface area (Å²) >= 11 is 1.60. The lowest BCUT2D eigenvalue weighted by Crippen LogP contribution is -2.48. The molecule has 4 heteroatoms. The predicted molar refractivity (Wildman–Crippen MR) is 95.9 cm³/mol. The Labute approximate surface area is 142 Å². The first-order valence-electron chi connectivity index (χ1n) is 8.23. The van der Waals surface area contributed by atoms with Crippen LogP contribution in [0.5, 0.6) is 0 Å². The van der Waals surface area contributed by atoms with E-state index in [2.05, 4.69) is 36.2 Å². The van der Waals surface area contributed by atoms with Gasteiger partial charge in [0.15, 0.2) is 0 Å². The number of likely N-dealkylation sites (tertiary alicyclic amines) is 1. The van der Waals surface area contributed by atoms with Gasteiger partial charge in [-0.15, -0.1) is 11.3 Å². The molecule has 3 rings (SSSR count). The second-order valence-electron chi connectivity index (χ2n) is 6.36. The van der Waals surface area contributed by atoms with E-state index in [9.17, 15) is 4.79 Å². The van der Waals surface area contributed by atoms with Gasteiger partial charge in [-0.3, -0.25) is 9.69 Å². The van der Waals surface area contributed by atoms with Crippen molar-refractivity contribution in [3.8, 4) is 0 Å². The molecule has 2 heterocycles. The van der Waals surface area contributed by atoms with Crippen molar-refractivity contribution in [3.05, 3.63) is 57.8 Å². The molecule has 122 valence electrons. The van der Waals surface area contributed by atoms with Gasteiger partial charge in [0.05, 0.1) is 4.88 Å². The highest BCUT2D eigenvalue weighted by Gasteiger charge is 2.27. The van der Waals surface area contributed by atoms with Crippen LogP contribution in [-0.4, -0.2) is 41.9 Å². The summed E-state index contributed by atoms with van der Waals surface area (Å²) in [5.41, 5.74) is 1.33. The number of rotatable bonds is 4. The van der Waals surface area contributed by atoms with Gasteiger partial charge in [0.1, 0.15) is 0 Å². The van der Waals surface area contributed by atoms with E-state index in [1.807, 2.05) is 30.0 Å². The molecule has 0 bridgehead atoms. The van der Waals surface area contributed by atoms with Crippen LogP contribution in [0.1, 0.15) is 33.0 Å². The van der Waals surface area contributed by atoms with Gasteiger partial charge in [-0.05, 0) is 44.5 Å². The van der Waals surface area contributed by atoms with Crippen molar-refractivity contribution < 1.29 is 4.79 Å². The van der Waals surface area contributed by atoms with E-state index in [4.69, 9.17) is 0 Å². The van der Waals surface area contributed by atoms with Crippen molar-refractivity contribution in [2.24, 2.45) is 0 Å². The van der Waals surface area contributed by atoms with Crippen LogP contribution in [0.25, 0.3) is 0 Å². The summed E-state index contributed by atoms with van der Waals surface area (Å²) in [5, 5.41) is 0. The largest absolute Gasteiger partial charge is 0.336 e. The van der Waals surface area contributed by atoms with Gasteiger partial charge in [0, 0.05) is 30.6 Å². The number of carbonyl (C=O) groups is 1. The van der Waals surface area contributed by atoms with Gasteiger partial charge in [-0.25, -0.2) is 0 Å². The quantitative estimate of drug-likeness (QED) is 0.852. The Morgan fingerprint density at radius 2 is 2.04 bits per heavy atom. The lowest BCUT2D eigenvalue weighted by atomic mass is 10.0. The number of benzene rings is 1. The SMILES string of the molecule is Cc1ccc(C(=O)N2CCC[C@H](N(C)Cc3ccccc3)C2)s1. The monoisotopic (exact) mass is 328 g/mol. The summed E-state index contributed by atoms with van der Waals surface area (Å²) < 4.78 is 0. The molecule has 3 nitrogen and oxygen atoms in total. The average Bonchev–Trinajstić information content (AvgIpc) is 3.01. The lowest BCUT2D eigenvalue weighted by Gasteiger charge is -2.37. The molecule has 1 aliphatic heterocycles. The van der Waals surface area contributed by atoms with E-state index in [1.54, 1.807) is 11.3 Å². The normalized spacial score (nSPS) is 18.4. The highest BCUT2D eigenvalue weighted by atomic mass is 32.1. The van der Waals surface area contributed by atoms with Crippen molar-refractivity contribution in [3.63, 3.8) is 0 Å². The van der Waals surface area contributed by atoms with E-state index < -0.39 is 0 Å². The first-order valence-corrected chi connectivity index (χ1v) is 9.05. The molecule has 1 saturated heterocycles. The van der Waals surface area contributed by atoms with E-state index in [0.29, 0.717) is 6.04 Å². The summed E-state index contributed by atoms with van der Waals surface area (Å²) in [6.45, 7) is 4.70. The van der Waals surface area contributed by atoms with Crippen molar-refractivity contribution in [2.75, 3.05) is 20.1 Å². The van der Waals surface area contributed by atoms with Crippen LogP contribution < -0.4 is 0 Å². The van der Waals surface area contributed by atoms with E-state index in [1.165, 1.54) is 10.4 Å². The smallest absolute Gasteiger partial charge is 0.263 e. The van der Waals surface area contributed by atoms with Gasteiger partial charge >= 0.3 is 0 Å². The number of likely N-dealkylation sites (N-methyl/N-ethyl adjacent to an activating group) is 1. The maximum atomic E-state index is 12.7. The topological polar surface area (TPSA) is 23.6 Å². The van der Waals surface area contributed by atoms with Crippen LogP contribution in [0.4, 0.5) is 0 Å². The molecule has 1 atom stereocenters. The Bertz CT molecular complexity index is 652. The van der Waals surface area contributed by atoms with Crippen LogP contribution in [-0.2, 0) is 6.54 Å². The number of thiophene rings is 1. The number of amides is 1. The van der Waals surface area contributed by atoms with Crippen molar-refractivity contribution in [2.45, 2.75) is 32.4 Å². The van der Waals surface area contributed by atoms with Crippen molar-refractivity contribution >= 4 is 17.2 Å². The maximum Gasteiger partial charge on any atom is 0.263 e. The highest BCUT2D eigenvalue weighted by molar-refractivity contribution is 7.13. The summed E-state index contributed by atoms with van der Waals surface area (Å²) in [5.74, 6) is 0.195. The molecular formula is C19H24N2OS. The zero-order valence-electron chi connectivity index (χ0n) is 13.9. The Kier molecular flexibility index (Phi) is 5.13. The van der Waals surface area contributed by atoms with E-state index >= 15 is 0 Å². The molecule has 0 saturated carbocycles. The summed E-state index contributed by atoms with van der Waals surface area (Å²) in [7, 11) is 2.17. The van der Waals surface area contributed by atoms with Crippen molar-refractivity contribution in [1.82, 2.24) is 9.80 Å². The minimum atomic E-state index is 0.195. The molecule has 1 aromatic heterocycles. The Hall–Kier alpha value is -1.65. The number of carbonyl (C=O) groups excluding carboxylic acids is 1. The molecule has 1 amide bonds. The number of hydrogen-bond donors (Lipinski definition) is 0. The molecule has 1 fully saturated rings. The van der Waals surface area contributed by atoms with Crippen LogP contribution in [0.2, 0.25) is 0 Å². The third-order valence-corrected chi connectivity index (χ3v) is 5.52. The summed E-state index contributed by atoms with van der Waals surface area (Å²) in [6.07, 6.45) is 2.25. The minimum absolute atomic E-state index is 0.195. The molecule has 0 radical (unpaired) electrons. The molecule has 2 aromatic rings. The van der Waals surface area contributed by atoms with Crippen LogP contribution >= 0.6 is 11.3 Å². The molecule has 1 aromatic carbocycles. The lowest BCUT2D eigenvalue weighted by molar-refractivity contribution is 0.0607. The molecule has 23 heavy (non-hydrogen) atoms. The van der Waals surface area contributed by atoms with Gasteiger partial charge in [0.25, 0.3) is 5.91 Å². The van der Waals surface area contributed by atoms with Crippen LogP contribution in [0, 0.1) is 6.92 Å². The zero-order valence-corrected chi connectivity index (χ0v) is 14.7. The van der Waals surface area contributed by atoms with Gasteiger partial charge < -0.3 is 4.90 Å². The third kappa shape index (κ3) is 4.01. The number of piperidine rings is 1. The molecule has 0 aliphatic carbocycles. The van der Waals surface area contributed by atoms with Crippen molar-refractivity contribution in [1.29, 1.82) is 0 Å². The van der Waals surface area contributed by atoms with Crippen LogP contribution in [0.3, 0.4) is 0 Å². The fourth-order valence-electron chi connectivity index (χ4n) is 3.20. The number of aryl methyl sites for hydroxylation is 1. The minimum Gasteiger partial charge on any atom is -0.336 e. The first kappa shape index (κ1) is 16.2. The second-order valence-corrected chi connectivity index (χ2v) is 7.65. The summed E-state index contributed by atoms with van der Waals surface area (Å²) in [6, 6.07) is 15.0. The second kappa shape index (κ2) is 7.28. The predicted octanol–water partition coefficient (Wildman–Crippen LogP) is 3.79.